The van der Waals surface area contributed by atoms with E-state index in [1.54, 1.807) is 12.2 Å². The molecule has 150 valence electrons. The molecule has 0 aliphatic heterocycles. The van der Waals surface area contributed by atoms with E-state index < -0.39 is 0 Å². The number of ketones is 1. The van der Waals surface area contributed by atoms with Crippen LogP contribution in [-0.4, -0.2) is 14.8 Å². The molecule has 0 aliphatic carbocycles. The molecule has 0 amide bonds. The normalized spacial score (nSPS) is 13.2. The van der Waals surface area contributed by atoms with E-state index >= 15 is 0 Å². The number of halogens is 1. The highest BCUT2D eigenvalue weighted by Gasteiger charge is 2.14. The summed E-state index contributed by atoms with van der Waals surface area (Å²) in [5, 5.41) is 8.83. The molecule has 1 aromatic carbocycles. The largest absolute Gasteiger partial charge is 0.516 e. The Balaban J connectivity index is 3.01. The van der Waals surface area contributed by atoms with E-state index in [0.29, 0.717) is 23.2 Å². The van der Waals surface area contributed by atoms with Gasteiger partial charge in [-0.1, -0.05) is 90.7 Å². The molecule has 0 saturated heterocycles. The number of alkyl halides is 1. The third-order valence-corrected chi connectivity index (χ3v) is 5.01. The van der Waals surface area contributed by atoms with Crippen LogP contribution in [0.2, 0.25) is 0 Å². The summed E-state index contributed by atoms with van der Waals surface area (Å²) >= 11 is 2.40. The van der Waals surface area contributed by atoms with Crippen molar-refractivity contribution in [3.05, 3.63) is 89.8 Å². The van der Waals surface area contributed by atoms with Crippen LogP contribution in [0.15, 0.2) is 73.1 Å². The molecule has 1 atom stereocenters. The van der Waals surface area contributed by atoms with Crippen LogP contribution < -0.4 is 0 Å². The van der Waals surface area contributed by atoms with E-state index in [2.05, 4.69) is 48.7 Å². The number of carbonyl (C=O) groups excluding carboxylic acids is 1. The van der Waals surface area contributed by atoms with Gasteiger partial charge in [-0.05, 0) is 55.4 Å². The second-order valence-corrected chi connectivity index (χ2v) is 8.99. The van der Waals surface area contributed by atoms with Crippen molar-refractivity contribution in [3.63, 3.8) is 0 Å². The zero-order valence-electron chi connectivity index (χ0n) is 17.0. The van der Waals surface area contributed by atoms with Gasteiger partial charge in [0.2, 0.25) is 0 Å². The van der Waals surface area contributed by atoms with E-state index in [9.17, 15) is 4.79 Å². The first kappa shape index (κ1) is 24.2. The van der Waals surface area contributed by atoms with Gasteiger partial charge in [-0.3, -0.25) is 4.79 Å². The number of aliphatic hydroxyl groups is 1. The lowest BCUT2D eigenvalue weighted by Gasteiger charge is -2.14. The minimum absolute atomic E-state index is 0.206. The molecule has 28 heavy (non-hydrogen) atoms. The fraction of sp³-hybridized carbons (Fsp3) is 0.320. The zero-order valence-corrected chi connectivity index (χ0v) is 19.1. The summed E-state index contributed by atoms with van der Waals surface area (Å²) in [5.74, 6) is 0.206. The maximum atomic E-state index is 12.8. The van der Waals surface area contributed by atoms with Crippen molar-refractivity contribution in [2.75, 3.05) is 0 Å². The smallest absolute Gasteiger partial charge is 0.163 e. The van der Waals surface area contributed by atoms with E-state index in [1.807, 2.05) is 37.3 Å². The lowest BCUT2D eigenvalue weighted by atomic mass is 9.90. The second-order valence-electron chi connectivity index (χ2n) is 6.87. The molecule has 0 saturated carbocycles. The standard InChI is InChI=1S/C25H31IO2/c1-5-10-23-22(18-19(3)17-21(6-2)12-9-16-27)13-8-14-24(23)25(28)15-7-11-20(4)26/h5-6,8-10,12-14,16,20,27H,2-3,7,11,15,17-18H2,1,4H3/b10-5-,16-9+,21-12+. The highest BCUT2D eigenvalue weighted by molar-refractivity contribution is 14.1. The lowest BCUT2D eigenvalue weighted by Crippen LogP contribution is -2.06. The average molecular weight is 490 g/mol. The molecule has 0 spiro atoms. The average Bonchev–Trinajstić information content (AvgIpc) is 2.66. The van der Waals surface area contributed by atoms with Gasteiger partial charge in [-0.15, -0.1) is 0 Å². The predicted octanol–water partition coefficient (Wildman–Crippen LogP) is 7.57. The summed E-state index contributed by atoms with van der Waals surface area (Å²) < 4.78 is 0.586. The SMILES string of the molecule is C=C/C(=C\C=C\O)CC(=C)Cc1cccc(C(=O)CCCC(C)I)c1/C=C\C. The van der Waals surface area contributed by atoms with Crippen molar-refractivity contribution in [1.29, 1.82) is 0 Å². The molecule has 1 unspecified atom stereocenters. The Morgan fingerprint density at radius 2 is 2.11 bits per heavy atom. The summed E-state index contributed by atoms with van der Waals surface area (Å²) in [6.07, 6.45) is 14.1. The zero-order chi connectivity index (χ0) is 20.9. The van der Waals surface area contributed by atoms with Crippen molar-refractivity contribution in [2.24, 2.45) is 0 Å². The van der Waals surface area contributed by atoms with E-state index in [4.69, 9.17) is 5.11 Å². The molecule has 0 radical (unpaired) electrons. The first-order valence-corrected chi connectivity index (χ1v) is 10.9. The minimum Gasteiger partial charge on any atom is -0.516 e. The summed E-state index contributed by atoms with van der Waals surface area (Å²) in [7, 11) is 0. The number of allylic oxidation sites excluding steroid dienone is 6. The highest BCUT2D eigenvalue weighted by atomic mass is 127. The van der Waals surface area contributed by atoms with Crippen molar-refractivity contribution in [3.8, 4) is 0 Å². The molecule has 2 nitrogen and oxygen atoms in total. The number of hydrogen-bond acceptors (Lipinski definition) is 2. The van der Waals surface area contributed by atoms with Gasteiger partial charge in [-0.2, -0.15) is 0 Å². The second kappa shape index (κ2) is 13.3. The lowest BCUT2D eigenvalue weighted by molar-refractivity contribution is 0.0979. The van der Waals surface area contributed by atoms with Gasteiger partial charge in [0.1, 0.15) is 0 Å². The van der Waals surface area contributed by atoms with Gasteiger partial charge in [0.05, 0.1) is 6.26 Å². The molecule has 1 N–H and O–H groups in total. The van der Waals surface area contributed by atoms with Crippen LogP contribution in [0.5, 0.6) is 0 Å². The van der Waals surface area contributed by atoms with Crippen LogP contribution in [0.25, 0.3) is 6.08 Å². The van der Waals surface area contributed by atoms with E-state index in [0.717, 1.165) is 46.9 Å². The Morgan fingerprint density at radius 3 is 2.71 bits per heavy atom. The first-order valence-electron chi connectivity index (χ1n) is 9.63. The molecule has 0 fully saturated rings. The summed E-state index contributed by atoms with van der Waals surface area (Å²) in [6, 6.07) is 5.95. The Bertz CT molecular complexity index is 767. The van der Waals surface area contributed by atoms with Crippen LogP contribution >= 0.6 is 22.6 Å². The van der Waals surface area contributed by atoms with Crippen molar-refractivity contribution >= 4 is 34.5 Å². The molecule has 1 aromatic rings. The topological polar surface area (TPSA) is 37.3 Å². The quantitative estimate of drug-likeness (QED) is 0.0820. The minimum atomic E-state index is 0.206. The predicted molar refractivity (Wildman–Crippen MR) is 130 cm³/mol. The van der Waals surface area contributed by atoms with Crippen LogP contribution in [0, 0.1) is 0 Å². The molecule has 0 bridgehead atoms. The monoisotopic (exact) mass is 490 g/mol. The fourth-order valence-corrected chi connectivity index (χ4v) is 3.48. The number of benzene rings is 1. The molecule has 0 aromatic heterocycles. The molecule has 1 rings (SSSR count). The highest BCUT2D eigenvalue weighted by Crippen LogP contribution is 2.24. The third kappa shape index (κ3) is 8.42. The van der Waals surface area contributed by atoms with E-state index in [1.165, 1.54) is 0 Å². The van der Waals surface area contributed by atoms with Gasteiger partial charge < -0.3 is 5.11 Å². The van der Waals surface area contributed by atoms with Crippen molar-refractivity contribution < 1.29 is 9.90 Å². The van der Waals surface area contributed by atoms with Crippen LogP contribution in [0.3, 0.4) is 0 Å². The maximum Gasteiger partial charge on any atom is 0.163 e. The van der Waals surface area contributed by atoms with Crippen LogP contribution in [0.4, 0.5) is 0 Å². The summed E-state index contributed by atoms with van der Waals surface area (Å²) in [6.45, 7) is 12.2. The molecule has 0 heterocycles. The number of hydrogen-bond donors (Lipinski definition) is 1. The maximum absolute atomic E-state index is 12.8. The number of aliphatic hydroxyl groups excluding tert-OH is 1. The van der Waals surface area contributed by atoms with Crippen molar-refractivity contribution in [2.45, 2.75) is 49.9 Å². The van der Waals surface area contributed by atoms with Gasteiger partial charge in [-0.25, -0.2) is 0 Å². The molecule has 0 aliphatic rings. The molecular formula is C25H31IO2. The fourth-order valence-electron chi connectivity index (χ4n) is 3.04. The van der Waals surface area contributed by atoms with Gasteiger partial charge in [0, 0.05) is 15.9 Å². The Hall–Kier alpha value is -1.88. The van der Waals surface area contributed by atoms with Crippen molar-refractivity contribution in [1.82, 2.24) is 0 Å². The third-order valence-electron chi connectivity index (χ3n) is 4.39. The molecular weight excluding hydrogens is 459 g/mol. The van der Waals surface area contributed by atoms with E-state index in [-0.39, 0.29) is 5.78 Å². The Kier molecular flexibility index (Phi) is 11.5. The van der Waals surface area contributed by atoms with Crippen LogP contribution in [-0.2, 0) is 6.42 Å². The van der Waals surface area contributed by atoms with Gasteiger partial charge >= 0.3 is 0 Å². The summed E-state index contributed by atoms with van der Waals surface area (Å²) in [5.41, 5.74) is 4.93. The summed E-state index contributed by atoms with van der Waals surface area (Å²) in [4.78, 5) is 12.8. The molecule has 3 heteroatoms. The number of carbonyl (C=O) groups is 1. The first-order chi connectivity index (χ1) is 13.4. The number of rotatable bonds is 12. The number of Topliss-reactive ketones (excluding diaryl/α,β-unsaturated/α-hetero) is 1. The van der Waals surface area contributed by atoms with Gasteiger partial charge in [0.15, 0.2) is 5.78 Å². The Morgan fingerprint density at radius 1 is 1.36 bits per heavy atom. The Labute approximate surface area is 183 Å². The van der Waals surface area contributed by atoms with Gasteiger partial charge in [0.25, 0.3) is 0 Å². The van der Waals surface area contributed by atoms with Crippen LogP contribution in [0.1, 0.15) is 61.0 Å².